The molecule has 0 aliphatic heterocycles. The summed E-state index contributed by atoms with van der Waals surface area (Å²) in [6, 6.07) is 14.0. The second-order valence-electron chi connectivity index (χ2n) is 5.61. The molecule has 3 nitrogen and oxygen atoms in total. The summed E-state index contributed by atoms with van der Waals surface area (Å²) in [6.45, 7) is 0. The molecule has 0 radical (unpaired) electrons. The van der Waals surface area contributed by atoms with E-state index >= 15 is 0 Å². The first-order valence-corrected chi connectivity index (χ1v) is 7.23. The number of fused-ring (bicyclic) bond motifs is 3. The van der Waals surface area contributed by atoms with Gasteiger partial charge in [0.1, 0.15) is 5.76 Å². The van der Waals surface area contributed by atoms with E-state index in [1.165, 1.54) is 16.7 Å². The molecule has 4 rings (SSSR count). The van der Waals surface area contributed by atoms with Gasteiger partial charge in [0, 0.05) is 0 Å². The molecule has 0 bridgehead atoms. The monoisotopic (exact) mass is 288 g/mol. The quantitative estimate of drug-likeness (QED) is 0.583. The molecule has 2 aromatic rings. The molecule has 0 saturated heterocycles. The lowest BCUT2D eigenvalue weighted by Gasteiger charge is -2.19. The molecule has 0 heterocycles. The number of aliphatic hydroxyl groups is 1. The highest BCUT2D eigenvalue weighted by atomic mass is 16.3. The fourth-order valence-corrected chi connectivity index (χ4v) is 3.18. The predicted octanol–water partition coefficient (Wildman–Crippen LogP) is 1.27. The van der Waals surface area contributed by atoms with Crippen LogP contribution >= 0.6 is 0 Å². The van der Waals surface area contributed by atoms with Crippen LogP contribution in [-0.2, 0) is 0 Å². The van der Waals surface area contributed by atoms with Crippen molar-refractivity contribution in [1.29, 1.82) is 0 Å². The average molecular weight is 288 g/mol. The predicted molar refractivity (Wildman–Crippen MR) is 89.1 cm³/mol. The van der Waals surface area contributed by atoms with Crippen LogP contribution in [0.15, 0.2) is 66.1 Å². The molecule has 3 heteroatoms. The first-order valence-electron chi connectivity index (χ1n) is 7.23. The zero-order valence-electron chi connectivity index (χ0n) is 12.0. The van der Waals surface area contributed by atoms with Gasteiger partial charge in [-0.2, -0.15) is 0 Å². The van der Waals surface area contributed by atoms with E-state index in [-0.39, 0.29) is 5.76 Å². The summed E-state index contributed by atoms with van der Waals surface area (Å²) < 4.78 is 0. The SMILES string of the molecule is NC1=C(O)C=CC(=c2cccc3c2=Cc2ccccc2-3)C1N. The third kappa shape index (κ3) is 1.73. The first kappa shape index (κ1) is 12.9. The number of hydrogen-bond donors (Lipinski definition) is 3. The minimum Gasteiger partial charge on any atom is -0.506 e. The van der Waals surface area contributed by atoms with Crippen LogP contribution in [0.4, 0.5) is 0 Å². The smallest absolute Gasteiger partial charge is 0.136 e. The molecular formula is C19H16N2O. The van der Waals surface area contributed by atoms with Crippen molar-refractivity contribution >= 4 is 11.6 Å². The zero-order chi connectivity index (χ0) is 15.3. The van der Waals surface area contributed by atoms with Gasteiger partial charge < -0.3 is 16.6 Å². The Hall–Kier alpha value is -2.78. The minimum atomic E-state index is -0.492. The Morgan fingerprint density at radius 2 is 1.68 bits per heavy atom. The van der Waals surface area contributed by atoms with Crippen LogP contribution in [0.1, 0.15) is 5.56 Å². The summed E-state index contributed by atoms with van der Waals surface area (Å²) >= 11 is 0. The molecule has 0 saturated carbocycles. The summed E-state index contributed by atoms with van der Waals surface area (Å²) in [5, 5.41) is 11.9. The maximum atomic E-state index is 9.71. The van der Waals surface area contributed by atoms with Crippen molar-refractivity contribution in [3.05, 3.63) is 82.1 Å². The van der Waals surface area contributed by atoms with E-state index in [0.29, 0.717) is 5.70 Å². The lowest BCUT2D eigenvalue weighted by atomic mass is 9.94. The summed E-state index contributed by atoms with van der Waals surface area (Å²) in [5.74, 6) is 0.0519. The maximum Gasteiger partial charge on any atom is 0.136 e. The molecule has 22 heavy (non-hydrogen) atoms. The van der Waals surface area contributed by atoms with Crippen molar-refractivity contribution in [2.75, 3.05) is 0 Å². The van der Waals surface area contributed by atoms with E-state index in [1.54, 1.807) is 6.08 Å². The van der Waals surface area contributed by atoms with Gasteiger partial charge in [-0.3, -0.25) is 0 Å². The summed E-state index contributed by atoms with van der Waals surface area (Å²) in [7, 11) is 0. The minimum absolute atomic E-state index is 0.0519. The lowest BCUT2D eigenvalue weighted by Crippen LogP contribution is -2.38. The molecule has 108 valence electrons. The van der Waals surface area contributed by atoms with Gasteiger partial charge in [-0.25, -0.2) is 0 Å². The van der Waals surface area contributed by atoms with E-state index < -0.39 is 6.04 Å². The van der Waals surface area contributed by atoms with Gasteiger partial charge >= 0.3 is 0 Å². The number of benzene rings is 2. The molecule has 2 aromatic carbocycles. The van der Waals surface area contributed by atoms with Crippen molar-refractivity contribution < 1.29 is 5.11 Å². The van der Waals surface area contributed by atoms with Gasteiger partial charge in [-0.15, -0.1) is 0 Å². The second kappa shape index (κ2) is 4.61. The number of hydrogen-bond acceptors (Lipinski definition) is 3. The van der Waals surface area contributed by atoms with E-state index in [0.717, 1.165) is 16.0 Å². The van der Waals surface area contributed by atoms with Crippen LogP contribution in [0.5, 0.6) is 0 Å². The number of aliphatic hydroxyl groups excluding tert-OH is 1. The van der Waals surface area contributed by atoms with E-state index in [2.05, 4.69) is 30.3 Å². The largest absolute Gasteiger partial charge is 0.506 e. The molecule has 2 aliphatic rings. The Morgan fingerprint density at radius 3 is 2.55 bits per heavy atom. The average Bonchev–Trinajstić information content (AvgIpc) is 2.92. The van der Waals surface area contributed by atoms with Gasteiger partial charge in [0.05, 0.1) is 11.7 Å². The molecule has 2 aliphatic carbocycles. The Morgan fingerprint density at radius 1 is 0.909 bits per heavy atom. The molecule has 1 atom stereocenters. The van der Waals surface area contributed by atoms with Gasteiger partial charge in [0.15, 0.2) is 0 Å². The number of rotatable bonds is 0. The third-order valence-corrected chi connectivity index (χ3v) is 4.35. The summed E-state index contributed by atoms with van der Waals surface area (Å²) in [5.41, 5.74) is 17.0. The van der Waals surface area contributed by atoms with Crippen LogP contribution in [0.2, 0.25) is 0 Å². The van der Waals surface area contributed by atoms with Crippen molar-refractivity contribution in [2.45, 2.75) is 6.04 Å². The van der Waals surface area contributed by atoms with Crippen LogP contribution in [0, 0.1) is 0 Å². The summed E-state index contributed by atoms with van der Waals surface area (Å²) in [6.07, 6.45) is 5.64. The molecule has 0 fully saturated rings. The molecule has 1 unspecified atom stereocenters. The third-order valence-electron chi connectivity index (χ3n) is 4.35. The lowest BCUT2D eigenvalue weighted by molar-refractivity contribution is 0.419. The van der Waals surface area contributed by atoms with E-state index in [1.807, 2.05) is 24.3 Å². The number of allylic oxidation sites excluding steroid dienone is 1. The van der Waals surface area contributed by atoms with Gasteiger partial charge in [-0.05, 0) is 44.9 Å². The van der Waals surface area contributed by atoms with E-state index in [9.17, 15) is 5.11 Å². The second-order valence-corrected chi connectivity index (χ2v) is 5.61. The standard InChI is InChI=1S/C19H16N2O/c20-18-15(8-9-17(22)19(18)21)14-7-3-6-13-12-5-2-1-4-11(12)10-16(13)14/h1-10,18,22H,20-21H2. The molecule has 0 spiro atoms. The van der Waals surface area contributed by atoms with Crippen molar-refractivity contribution in [1.82, 2.24) is 0 Å². The molecule has 5 N–H and O–H groups in total. The molecule has 0 aromatic heterocycles. The van der Waals surface area contributed by atoms with Crippen molar-refractivity contribution in [3.8, 4) is 11.1 Å². The molecule has 0 amide bonds. The maximum absolute atomic E-state index is 9.71. The van der Waals surface area contributed by atoms with Crippen molar-refractivity contribution in [3.63, 3.8) is 0 Å². The van der Waals surface area contributed by atoms with Crippen LogP contribution in [0.3, 0.4) is 0 Å². The van der Waals surface area contributed by atoms with E-state index in [4.69, 9.17) is 11.5 Å². The van der Waals surface area contributed by atoms with Crippen LogP contribution in [-0.4, -0.2) is 11.1 Å². The fraction of sp³-hybridized carbons (Fsp3) is 0.0526. The fourth-order valence-electron chi connectivity index (χ4n) is 3.18. The Labute approximate surface area is 128 Å². The highest BCUT2D eigenvalue weighted by Crippen LogP contribution is 2.25. The number of nitrogens with two attached hydrogens (primary N) is 2. The topological polar surface area (TPSA) is 72.3 Å². The van der Waals surface area contributed by atoms with Gasteiger partial charge in [0.25, 0.3) is 0 Å². The summed E-state index contributed by atoms with van der Waals surface area (Å²) in [4.78, 5) is 0. The van der Waals surface area contributed by atoms with Crippen molar-refractivity contribution in [2.24, 2.45) is 11.5 Å². The first-order chi connectivity index (χ1) is 10.7. The van der Waals surface area contributed by atoms with Gasteiger partial charge in [0.2, 0.25) is 0 Å². The molecular weight excluding hydrogens is 272 g/mol. The zero-order valence-corrected chi connectivity index (χ0v) is 12.0. The van der Waals surface area contributed by atoms with Gasteiger partial charge in [-0.1, -0.05) is 48.5 Å². The highest BCUT2D eigenvalue weighted by Gasteiger charge is 2.20. The normalized spacial score (nSPS) is 21.4. The Balaban J connectivity index is 2.05. The van der Waals surface area contributed by atoms with Crippen LogP contribution < -0.4 is 21.9 Å². The van der Waals surface area contributed by atoms with Crippen LogP contribution in [0.25, 0.3) is 22.8 Å². The Kier molecular flexibility index (Phi) is 2.71. The highest BCUT2D eigenvalue weighted by molar-refractivity contribution is 5.84. The Bertz CT molecular complexity index is 967.